The summed E-state index contributed by atoms with van der Waals surface area (Å²) < 4.78 is 5.10. The predicted octanol–water partition coefficient (Wildman–Crippen LogP) is 2.82. The number of hydrogen-bond acceptors (Lipinski definition) is 5. The van der Waals surface area contributed by atoms with Gasteiger partial charge in [-0.1, -0.05) is 36.4 Å². The van der Waals surface area contributed by atoms with Crippen LogP contribution in [0, 0.1) is 0 Å². The maximum absolute atomic E-state index is 12.6. The largest absolute Gasteiger partial charge is 0.444 e. The molecule has 2 atom stereocenters. The third-order valence-corrected chi connectivity index (χ3v) is 4.31. The highest BCUT2D eigenvalue weighted by molar-refractivity contribution is 6.21. The molecule has 0 radical (unpaired) electrons. The Bertz CT molecular complexity index is 884. The lowest BCUT2D eigenvalue weighted by Crippen LogP contribution is -2.38. The second-order valence-electron chi connectivity index (χ2n) is 7.57. The van der Waals surface area contributed by atoms with Crippen molar-refractivity contribution in [1.82, 2.24) is 5.32 Å². The Morgan fingerprint density at radius 1 is 1.04 bits per heavy atom. The molecule has 0 bridgehead atoms. The van der Waals surface area contributed by atoms with Crippen molar-refractivity contribution in [3.05, 3.63) is 59.2 Å². The van der Waals surface area contributed by atoms with Crippen LogP contribution in [0.2, 0.25) is 0 Å². The van der Waals surface area contributed by atoms with E-state index in [1.807, 2.05) is 18.2 Å². The van der Waals surface area contributed by atoms with Gasteiger partial charge in [0.05, 0.1) is 0 Å². The summed E-state index contributed by atoms with van der Waals surface area (Å²) in [4.78, 5) is 24.2. The van der Waals surface area contributed by atoms with Crippen LogP contribution in [0.3, 0.4) is 0 Å². The van der Waals surface area contributed by atoms with E-state index in [1.54, 1.807) is 45.0 Å². The van der Waals surface area contributed by atoms with Crippen molar-refractivity contribution in [2.24, 2.45) is 0 Å². The molecule has 2 unspecified atom stereocenters. The van der Waals surface area contributed by atoms with Gasteiger partial charge in [-0.25, -0.2) is 4.79 Å². The van der Waals surface area contributed by atoms with Gasteiger partial charge in [0, 0.05) is 17.7 Å². The Morgan fingerprint density at radius 3 is 2.33 bits per heavy atom. The SMILES string of the molecule is CC(C)(C)OC(=O)NCC(O)C(O)c1ccc2c(c1)C(=O)c1ccccc1-2. The quantitative estimate of drug-likeness (QED) is 0.657. The van der Waals surface area contributed by atoms with E-state index in [4.69, 9.17) is 4.74 Å². The van der Waals surface area contributed by atoms with Crippen molar-refractivity contribution in [1.29, 1.82) is 0 Å². The van der Waals surface area contributed by atoms with Crippen LogP contribution in [-0.4, -0.2) is 40.3 Å². The number of benzene rings is 2. The number of ketones is 1. The lowest BCUT2D eigenvalue weighted by molar-refractivity contribution is 0.0129. The molecule has 3 N–H and O–H groups in total. The van der Waals surface area contributed by atoms with Crippen molar-refractivity contribution >= 4 is 11.9 Å². The first-order valence-electron chi connectivity index (χ1n) is 8.78. The second kappa shape index (κ2) is 7.13. The summed E-state index contributed by atoms with van der Waals surface area (Å²) in [5.74, 6) is -0.101. The highest BCUT2D eigenvalue weighted by Crippen LogP contribution is 2.37. The number of carbonyl (C=O) groups is 2. The molecule has 6 heteroatoms. The number of nitrogens with one attached hydrogen (secondary N) is 1. The van der Waals surface area contributed by atoms with Gasteiger partial charge >= 0.3 is 6.09 Å². The van der Waals surface area contributed by atoms with E-state index in [2.05, 4.69) is 5.32 Å². The number of aliphatic hydroxyl groups is 2. The average molecular weight is 369 g/mol. The van der Waals surface area contributed by atoms with Crippen LogP contribution >= 0.6 is 0 Å². The molecule has 2 aromatic rings. The van der Waals surface area contributed by atoms with E-state index >= 15 is 0 Å². The Hall–Kier alpha value is -2.70. The maximum atomic E-state index is 12.6. The summed E-state index contributed by atoms with van der Waals surface area (Å²) in [6.07, 6.45) is -3.16. The van der Waals surface area contributed by atoms with E-state index in [0.717, 1.165) is 11.1 Å². The summed E-state index contributed by atoms with van der Waals surface area (Å²) in [7, 11) is 0. The standard InChI is InChI=1S/C21H23NO5/c1-21(2,3)27-20(26)22-11-17(23)18(24)12-8-9-14-13-6-4-5-7-15(13)19(25)16(14)10-12/h4-10,17-18,23-24H,11H2,1-3H3,(H,22,26). The van der Waals surface area contributed by atoms with Crippen LogP contribution in [0.25, 0.3) is 11.1 Å². The smallest absolute Gasteiger partial charge is 0.407 e. The van der Waals surface area contributed by atoms with Gasteiger partial charge in [-0.05, 0) is 43.5 Å². The maximum Gasteiger partial charge on any atom is 0.407 e. The molecular weight excluding hydrogens is 346 g/mol. The number of aliphatic hydroxyl groups excluding tert-OH is 2. The molecule has 0 heterocycles. The molecule has 0 saturated heterocycles. The number of fused-ring (bicyclic) bond motifs is 3. The minimum absolute atomic E-state index is 0.101. The van der Waals surface area contributed by atoms with Gasteiger partial charge in [-0.2, -0.15) is 0 Å². The first-order valence-corrected chi connectivity index (χ1v) is 8.78. The van der Waals surface area contributed by atoms with Crippen molar-refractivity contribution in [3.8, 4) is 11.1 Å². The molecule has 3 rings (SSSR count). The van der Waals surface area contributed by atoms with E-state index in [-0.39, 0.29) is 12.3 Å². The van der Waals surface area contributed by atoms with E-state index < -0.39 is 23.9 Å². The Kier molecular flexibility index (Phi) is 5.04. The van der Waals surface area contributed by atoms with Gasteiger partial charge in [-0.3, -0.25) is 4.79 Å². The fourth-order valence-corrected chi connectivity index (χ4v) is 3.07. The molecule has 0 aliphatic heterocycles. The summed E-state index contributed by atoms with van der Waals surface area (Å²) in [6.45, 7) is 5.02. The van der Waals surface area contributed by atoms with Crippen molar-refractivity contribution in [3.63, 3.8) is 0 Å². The van der Waals surface area contributed by atoms with Crippen LogP contribution < -0.4 is 5.32 Å². The zero-order chi connectivity index (χ0) is 19.8. The van der Waals surface area contributed by atoms with Crippen LogP contribution in [0.5, 0.6) is 0 Å². The van der Waals surface area contributed by atoms with Crippen LogP contribution in [0.1, 0.15) is 48.4 Å². The third-order valence-electron chi connectivity index (χ3n) is 4.31. The Labute approximate surface area is 157 Å². The first kappa shape index (κ1) is 19.1. The fourth-order valence-electron chi connectivity index (χ4n) is 3.07. The molecule has 1 aliphatic rings. The van der Waals surface area contributed by atoms with Crippen molar-refractivity contribution < 1.29 is 24.5 Å². The summed E-state index contributed by atoms with van der Waals surface area (Å²) in [5.41, 5.74) is 2.57. The molecular formula is C21H23NO5. The summed E-state index contributed by atoms with van der Waals surface area (Å²) >= 11 is 0. The lowest BCUT2D eigenvalue weighted by Gasteiger charge is -2.22. The van der Waals surface area contributed by atoms with Crippen LogP contribution in [0.4, 0.5) is 4.79 Å². The number of ether oxygens (including phenoxy) is 1. The molecule has 1 aliphatic carbocycles. The Morgan fingerprint density at radius 2 is 1.67 bits per heavy atom. The number of amides is 1. The van der Waals surface area contributed by atoms with Gasteiger partial charge in [0.15, 0.2) is 5.78 Å². The first-order chi connectivity index (χ1) is 12.7. The molecule has 0 aromatic heterocycles. The third kappa shape index (κ3) is 4.02. The van der Waals surface area contributed by atoms with Crippen molar-refractivity contribution in [2.75, 3.05) is 6.54 Å². The Balaban J connectivity index is 1.71. The second-order valence-corrected chi connectivity index (χ2v) is 7.57. The molecule has 1 amide bonds. The highest BCUT2D eigenvalue weighted by atomic mass is 16.6. The zero-order valence-electron chi connectivity index (χ0n) is 15.5. The summed E-state index contributed by atoms with van der Waals surface area (Å²) in [5, 5.41) is 23.0. The minimum atomic E-state index is -1.25. The zero-order valence-corrected chi connectivity index (χ0v) is 15.5. The van der Waals surface area contributed by atoms with Gasteiger partial charge in [0.1, 0.15) is 17.8 Å². The monoisotopic (exact) mass is 369 g/mol. The average Bonchev–Trinajstić information content (AvgIpc) is 2.90. The van der Waals surface area contributed by atoms with Crippen molar-refractivity contribution in [2.45, 2.75) is 38.6 Å². The number of hydrogen-bond donors (Lipinski definition) is 3. The molecule has 0 fully saturated rings. The van der Waals surface area contributed by atoms with Gasteiger partial charge in [0.2, 0.25) is 0 Å². The normalized spacial score (nSPS) is 14.9. The molecule has 6 nitrogen and oxygen atoms in total. The summed E-state index contributed by atoms with van der Waals surface area (Å²) in [6, 6.07) is 12.4. The van der Waals surface area contributed by atoms with E-state index in [1.165, 1.54) is 0 Å². The van der Waals surface area contributed by atoms with E-state index in [0.29, 0.717) is 16.7 Å². The molecule has 0 spiro atoms. The molecule has 142 valence electrons. The van der Waals surface area contributed by atoms with Crippen LogP contribution in [-0.2, 0) is 4.74 Å². The fraction of sp³-hybridized carbons (Fsp3) is 0.333. The number of carbonyl (C=O) groups excluding carboxylic acids is 2. The lowest BCUT2D eigenvalue weighted by atomic mass is 9.98. The number of rotatable bonds is 4. The molecule has 0 saturated carbocycles. The van der Waals surface area contributed by atoms with E-state index in [9.17, 15) is 19.8 Å². The van der Waals surface area contributed by atoms with Gasteiger partial charge < -0.3 is 20.3 Å². The predicted molar refractivity (Wildman–Crippen MR) is 101 cm³/mol. The minimum Gasteiger partial charge on any atom is -0.444 e. The van der Waals surface area contributed by atoms with Crippen LogP contribution in [0.15, 0.2) is 42.5 Å². The topological polar surface area (TPSA) is 95.9 Å². The van der Waals surface area contributed by atoms with Gasteiger partial charge in [0.25, 0.3) is 0 Å². The highest BCUT2D eigenvalue weighted by Gasteiger charge is 2.28. The van der Waals surface area contributed by atoms with Gasteiger partial charge in [-0.15, -0.1) is 0 Å². The number of alkyl carbamates (subject to hydrolysis) is 1. The molecule has 27 heavy (non-hydrogen) atoms. The molecule has 2 aromatic carbocycles.